The molecule has 4 N–H and O–H groups in total. The molecule has 1 aliphatic heterocycles. The summed E-state index contributed by atoms with van der Waals surface area (Å²) in [5, 5.41) is 0. The van der Waals surface area contributed by atoms with Crippen LogP contribution in [0.5, 0.6) is 0 Å². The van der Waals surface area contributed by atoms with Gasteiger partial charge in [-0.3, -0.25) is 4.99 Å². The number of aliphatic imine (C=N–C) groups is 1. The molecule has 3 heteroatoms. The summed E-state index contributed by atoms with van der Waals surface area (Å²) in [6.07, 6.45) is 6.70. The van der Waals surface area contributed by atoms with Crippen LogP contribution in [0, 0.1) is 5.92 Å². The van der Waals surface area contributed by atoms with E-state index in [-0.39, 0.29) is 0 Å². The summed E-state index contributed by atoms with van der Waals surface area (Å²) >= 11 is 0. The lowest BCUT2D eigenvalue weighted by molar-refractivity contribution is 0.344. The van der Waals surface area contributed by atoms with E-state index in [0.29, 0.717) is 17.8 Å². The fraction of sp³-hybridized carbons (Fsp3) is 0.667. The van der Waals surface area contributed by atoms with E-state index in [2.05, 4.69) is 4.99 Å². The molecule has 66 valence electrons. The Bertz CT molecular complexity index is 242. The Labute approximate surface area is 72.5 Å². The number of hydrogen-bond acceptors (Lipinski definition) is 3. The van der Waals surface area contributed by atoms with Gasteiger partial charge in [0.05, 0.1) is 6.04 Å². The topological polar surface area (TPSA) is 64.4 Å². The molecular formula is C9H15N3. The number of hydrogen-bond donors (Lipinski definition) is 2. The molecule has 12 heavy (non-hydrogen) atoms. The second-order valence-electron chi connectivity index (χ2n) is 3.66. The zero-order valence-electron chi connectivity index (χ0n) is 7.16. The Morgan fingerprint density at radius 1 is 1.25 bits per heavy atom. The molecule has 0 bridgehead atoms. The SMILES string of the molecule is NC1=CC(N)=NC2CCCCC12. The summed E-state index contributed by atoms with van der Waals surface area (Å²) in [7, 11) is 0. The van der Waals surface area contributed by atoms with E-state index < -0.39 is 0 Å². The van der Waals surface area contributed by atoms with Crippen LogP contribution >= 0.6 is 0 Å². The zero-order chi connectivity index (χ0) is 8.55. The predicted octanol–water partition coefficient (Wildman–Crippen LogP) is 0.759. The van der Waals surface area contributed by atoms with Gasteiger partial charge in [-0.25, -0.2) is 0 Å². The van der Waals surface area contributed by atoms with Crippen LogP contribution in [-0.2, 0) is 0 Å². The maximum absolute atomic E-state index is 5.88. The third-order valence-corrected chi connectivity index (χ3v) is 2.79. The van der Waals surface area contributed by atoms with Gasteiger partial charge < -0.3 is 11.5 Å². The van der Waals surface area contributed by atoms with Crippen molar-refractivity contribution in [1.29, 1.82) is 0 Å². The molecule has 2 aliphatic rings. The van der Waals surface area contributed by atoms with E-state index in [0.717, 1.165) is 12.1 Å². The number of nitrogens with zero attached hydrogens (tertiary/aromatic N) is 1. The minimum absolute atomic E-state index is 0.378. The van der Waals surface area contributed by atoms with Crippen LogP contribution in [-0.4, -0.2) is 11.9 Å². The fourth-order valence-electron chi connectivity index (χ4n) is 2.16. The number of fused-ring (bicyclic) bond motifs is 1. The van der Waals surface area contributed by atoms with Gasteiger partial charge in [0.1, 0.15) is 5.84 Å². The zero-order valence-corrected chi connectivity index (χ0v) is 7.16. The second kappa shape index (κ2) is 2.81. The van der Waals surface area contributed by atoms with Gasteiger partial charge in [-0.15, -0.1) is 0 Å². The molecule has 2 rings (SSSR count). The maximum Gasteiger partial charge on any atom is 0.120 e. The van der Waals surface area contributed by atoms with Crippen LogP contribution in [0.4, 0.5) is 0 Å². The molecule has 0 radical (unpaired) electrons. The molecule has 1 fully saturated rings. The lowest BCUT2D eigenvalue weighted by Crippen LogP contribution is -2.34. The third-order valence-electron chi connectivity index (χ3n) is 2.79. The Morgan fingerprint density at radius 3 is 2.83 bits per heavy atom. The van der Waals surface area contributed by atoms with Gasteiger partial charge in [0, 0.05) is 11.6 Å². The largest absolute Gasteiger partial charge is 0.402 e. The molecule has 1 heterocycles. The molecule has 0 aromatic carbocycles. The van der Waals surface area contributed by atoms with Crippen LogP contribution < -0.4 is 11.5 Å². The smallest absolute Gasteiger partial charge is 0.120 e. The van der Waals surface area contributed by atoms with Crippen LogP contribution in [0.2, 0.25) is 0 Å². The molecule has 2 unspecified atom stereocenters. The molecule has 1 saturated carbocycles. The molecule has 0 saturated heterocycles. The molecule has 0 aromatic rings. The second-order valence-corrected chi connectivity index (χ2v) is 3.66. The summed E-state index contributed by atoms with van der Waals surface area (Å²) in [4.78, 5) is 4.39. The molecule has 2 atom stereocenters. The highest BCUT2D eigenvalue weighted by molar-refractivity contribution is 5.92. The standard InChI is InChI=1S/C9H15N3/c10-7-5-9(11)12-8-4-2-1-3-6(7)8/h5-6,8H,1-4,10H2,(H2,11,12). The lowest BCUT2D eigenvalue weighted by Gasteiger charge is -2.31. The number of nitrogens with two attached hydrogens (primary N) is 2. The molecule has 3 nitrogen and oxygen atoms in total. The molecular weight excluding hydrogens is 150 g/mol. The van der Waals surface area contributed by atoms with Gasteiger partial charge in [-0.05, 0) is 18.9 Å². The van der Waals surface area contributed by atoms with Gasteiger partial charge in [0.15, 0.2) is 0 Å². The average Bonchev–Trinajstić information content (AvgIpc) is 2.04. The Kier molecular flexibility index (Phi) is 1.79. The highest BCUT2D eigenvalue weighted by atomic mass is 14.9. The van der Waals surface area contributed by atoms with Crippen molar-refractivity contribution in [2.24, 2.45) is 22.4 Å². The highest BCUT2D eigenvalue weighted by Crippen LogP contribution is 2.32. The first-order valence-corrected chi connectivity index (χ1v) is 4.58. The summed E-state index contributed by atoms with van der Waals surface area (Å²) in [6.45, 7) is 0. The number of dihydropyridines is 1. The van der Waals surface area contributed by atoms with Crippen molar-refractivity contribution in [3.05, 3.63) is 11.8 Å². The van der Waals surface area contributed by atoms with Crippen LogP contribution in [0.15, 0.2) is 16.8 Å². The van der Waals surface area contributed by atoms with Gasteiger partial charge in [-0.2, -0.15) is 0 Å². The molecule has 1 aliphatic carbocycles. The predicted molar refractivity (Wildman–Crippen MR) is 49.6 cm³/mol. The third kappa shape index (κ3) is 1.19. The van der Waals surface area contributed by atoms with Crippen molar-refractivity contribution in [3.63, 3.8) is 0 Å². The van der Waals surface area contributed by atoms with E-state index in [9.17, 15) is 0 Å². The quantitative estimate of drug-likeness (QED) is 0.556. The van der Waals surface area contributed by atoms with Gasteiger partial charge in [0.25, 0.3) is 0 Å². The van der Waals surface area contributed by atoms with Crippen molar-refractivity contribution >= 4 is 5.84 Å². The van der Waals surface area contributed by atoms with E-state index in [1.165, 1.54) is 19.3 Å². The highest BCUT2D eigenvalue weighted by Gasteiger charge is 2.28. The van der Waals surface area contributed by atoms with E-state index in [4.69, 9.17) is 11.5 Å². The normalized spacial score (nSPS) is 35.0. The van der Waals surface area contributed by atoms with Gasteiger partial charge >= 0.3 is 0 Å². The first kappa shape index (κ1) is 7.65. The number of rotatable bonds is 0. The molecule has 0 amide bonds. The first-order valence-electron chi connectivity index (χ1n) is 4.58. The molecule has 0 aromatic heterocycles. The van der Waals surface area contributed by atoms with Gasteiger partial charge in [0.2, 0.25) is 0 Å². The summed E-state index contributed by atoms with van der Waals surface area (Å²) in [5.74, 6) is 1.08. The average molecular weight is 165 g/mol. The van der Waals surface area contributed by atoms with E-state index in [1.807, 2.05) is 6.08 Å². The minimum atomic E-state index is 0.378. The monoisotopic (exact) mass is 165 g/mol. The van der Waals surface area contributed by atoms with Crippen molar-refractivity contribution in [1.82, 2.24) is 0 Å². The Hall–Kier alpha value is -0.990. The lowest BCUT2D eigenvalue weighted by atomic mass is 9.81. The van der Waals surface area contributed by atoms with Crippen molar-refractivity contribution in [2.75, 3.05) is 0 Å². The van der Waals surface area contributed by atoms with Crippen molar-refractivity contribution < 1.29 is 0 Å². The Balaban J connectivity index is 2.21. The maximum atomic E-state index is 5.88. The van der Waals surface area contributed by atoms with Crippen molar-refractivity contribution in [2.45, 2.75) is 31.7 Å². The summed E-state index contributed by atoms with van der Waals surface area (Å²) in [6, 6.07) is 0.378. The summed E-state index contributed by atoms with van der Waals surface area (Å²) < 4.78 is 0. The van der Waals surface area contributed by atoms with Crippen LogP contribution in [0.25, 0.3) is 0 Å². The number of amidine groups is 1. The van der Waals surface area contributed by atoms with Gasteiger partial charge in [-0.1, -0.05) is 12.8 Å². The minimum Gasteiger partial charge on any atom is -0.402 e. The van der Waals surface area contributed by atoms with E-state index in [1.54, 1.807) is 0 Å². The van der Waals surface area contributed by atoms with E-state index >= 15 is 0 Å². The van der Waals surface area contributed by atoms with Crippen LogP contribution in [0.1, 0.15) is 25.7 Å². The fourth-order valence-corrected chi connectivity index (χ4v) is 2.16. The Morgan fingerprint density at radius 2 is 2.00 bits per heavy atom. The van der Waals surface area contributed by atoms with Crippen LogP contribution in [0.3, 0.4) is 0 Å². The summed E-state index contributed by atoms with van der Waals surface area (Å²) in [5.41, 5.74) is 12.4. The molecule has 0 spiro atoms. The first-order chi connectivity index (χ1) is 5.77. The van der Waals surface area contributed by atoms with Crippen molar-refractivity contribution in [3.8, 4) is 0 Å².